The van der Waals surface area contributed by atoms with E-state index in [1.54, 1.807) is 18.2 Å². The van der Waals surface area contributed by atoms with E-state index in [1.807, 2.05) is 37.3 Å². The van der Waals surface area contributed by atoms with E-state index in [9.17, 15) is 4.79 Å². The van der Waals surface area contributed by atoms with Gasteiger partial charge in [0.25, 0.3) is 0 Å². The van der Waals surface area contributed by atoms with E-state index in [-0.39, 0.29) is 6.03 Å². The molecule has 0 saturated heterocycles. The van der Waals surface area contributed by atoms with Crippen molar-refractivity contribution in [2.45, 2.75) is 20.3 Å². The lowest BCUT2D eigenvalue weighted by Crippen LogP contribution is -2.19. The van der Waals surface area contributed by atoms with Crippen molar-refractivity contribution in [2.24, 2.45) is 0 Å². The van der Waals surface area contributed by atoms with Crippen molar-refractivity contribution < 1.29 is 9.53 Å². The van der Waals surface area contributed by atoms with E-state index in [0.29, 0.717) is 22.7 Å². The van der Waals surface area contributed by atoms with Crippen LogP contribution in [0.2, 0.25) is 0 Å². The topological polar surface area (TPSA) is 74.2 Å². The molecule has 5 nitrogen and oxygen atoms in total. The fourth-order valence-corrected chi connectivity index (χ4v) is 2.30. The summed E-state index contributed by atoms with van der Waals surface area (Å²) in [6.07, 6.45) is 5.08. The fourth-order valence-electron chi connectivity index (χ4n) is 2.30. The number of carbonyl (C=O) groups excluding carboxylic acids is 1. The molecule has 0 fully saturated rings. The third kappa shape index (κ3) is 4.85. The van der Waals surface area contributed by atoms with Gasteiger partial charge in [-0.2, -0.15) is 5.26 Å². The van der Waals surface area contributed by atoms with Crippen molar-refractivity contribution in [1.29, 1.82) is 5.26 Å². The average Bonchev–Trinajstić information content (AvgIpc) is 2.61. The molecule has 2 N–H and O–H groups in total. The van der Waals surface area contributed by atoms with E-state index in [0.717, 1.165) is 17.5 Å². The molecule has 0 heterocycles. The molecule has 0 radical (unpaired) electrons. The zero-order chi connectivity index (χ0) is 18.2. The highest BCUT2D eigenvalue weighted by atomic mass is 16.5. The summed E-state index contributed by atoms with van der Waals surface area (Å²) in [6, 6.07) is 12.3. The molecule has 2 amide bonds. The minimum absolute atomic E-state index is 0.360. The Hall–Kier alpha value is -3.26. The molecule has 0 bridgehead atoms. The molecule has 0 aliphatic carbocycles. The van der Waals surface area contributed by atoms with Crippen molar-refractivity contribution >= 4 is 23.5 Å². The van der Waals surface area contributed by atoms with Gasteiger partial charge in [-0.25, -0.2) is 4.79 Å². The van der Waals surface area contributed by atoms with Gasteiger partial charge in [-0.1, -0.05) is 25.1 Å². The standard InChI is InChI=1S/C20H21N3O2/c1-4-5-6-15-11-17(9-7-14(15)2)22-20(24)23-18-10-8-16(13-21)19(12-18)25-3/h5-12H,4H2,1-3H3,(H2,22,23,24)/b6-5-. The molecule has 128 valence electrons. The second-order valence-corrected chi connectivity index (χ2v) is 5.49. The lowest BCUT2D eigenvalue weighted by molar-refractivity contribution is 0.262. The Morgan fingerprint density at radius 2 is 1.88 bits per heavy atom. The minimum Gasteiger partial charge on any atom is -0.495 e. The van der Waals surface area contributed by atoms with Gasteiger partial charge in [-0.05, 0) is 48.7 Å². The number of amides is 2. The number of benzene rings is 2. The quantitative estimate of drug-likeness (QED) is 0.812. The summed E-state index contributed by atoms with van der Waals surface area (Å²) in [5.41, 5.74) is 3.89. The number of allylic oxidation sites excluding steroid dienone is 1. The molecule has 0 unspecified atom stereocenters. The van der Waals surface area contributed by atoms with Crippen molar-refractivity contribution in [2.75, 3.05) is 17.7 Å². The number of rotatable bonds is 5. The first-order valence-corrected chi connectivity index (χ1v) is 8.00. The molecule has 0 atom stereocenters. The monoisotopic (exact) mass is 335 g/mol. The number of hydrogen-bond acceptors (Lipinski definition) is 3. The average molecular weight is 335 g/mol. The van der Waals surface area contributed by atoms with E-state index >= 15 is 0 Å². The van der Waals surface area contributed by atoms with Gasteiger partial charge in [-0.15, -0.1) is 0 Å². The van der Waals surface area contributed by atoms with Crippen LogP contribution < -0.4 is 15.4 Å². The van der Waals surface area contributed by atoms with Crippen LogP contribution in [0.15, 0.2) is 42.5 Å². The van der Waals surface area contributed by atoms with Crippen molar-refractivity contribution in [3.05, 3.63) is 59.2 Å². The smallest absolute Gasteiger partial charge is 0.323 e. The van der Waals surface area contributed by atoms with E-state index in [4.69, 9.17) is 10.00 Å². The second kappa shape index (κ2) is 8.55. The maximum absolute atomic E-state index is 12.2. The van der Waals surface area contributed by atoms with Crippen molar-refractivity contribution in [3.8, 4) is 11.8 Å². The van der Waals surface area contributed by atoms with E-state index in [2.05, 4.69) is 23.6 Å². The molecule has 0 aliphatic heterocycles. The number of nitrogens with zero attached hydrogens (tertiary/aromatic N) is 1. The minimum atomic E-state index is -0.360. The molecular formula is C20H21N3O2. The van der Waals surface area contributed by atoms with Crippen molar-refractivity contribution in [3.63, 3.8) is 0 Å². The molecule has 0 aromatic heterocycles. The zero-order valence-corrected chi connectivity index (χ0v) is 14.6. The Labute approximate surface area is 147 Å². The number of ether oxygens (including phenoxy) is 1. The Morgan fingerprint density at radius 3 is 2.52 bits per heavy atom. The van der Waals surface area contributed by atoms with Crippen LogP contribution in [0.25, 0.3) is 6.08 Å². The third-order valence-electron chi connectivity index (χ3n) is 3.65. The SMILES string of the molecule is CC/C=C\c1cc(NC(=O)Nc2ccc(C#N)c(OC)c2)ccc1C. The van der Waals surface area contributed by atoms with Crippen LogP contribution >= 0.6 is 0 Å². The number of nitriles is 1. The molecule has 25 heavy (non-hydrogen) atoms. The van der Waals surface area contributed by atoms with Crippen LogP contribution in [-0.2, 0) is 0 Å². The summed E-state index contributed by atoms with van der Waals surface area (Å²) >= 11 is 0. The number of anilines is 2. The number of urea groups is 1. The lowest BCUT2D eigenvalue weighted by Gasteiger charge is -2.11. The van der Waals surface area contributed by atoms with Gasteiger partial charge in [0.05, 0.1) is 12.7 Å². The Bertz CT molecular complexity index is 835. The van der Waals surface area contributed by atoms with Crippen LogP contribution in [0.4, 0.5) is 16.2 Å². The number of carbonyl (C=O) groups is 1. The zero-order valence-electron chi connectivity index (χ0n) is 14.6. The normalized spacial score (nSPS) is 10.3. The largest absolute Gasteiger partial charge is 0.495 e. The van der Waals surface area contributed by atoms with Gasteiger partial charge in [0.15, 0.2) is 0 Å². The van der Waals surface area contributed by atoms with Gasteiger partial charge in [0, 0.05) is 17.4 Å². The highest BCUT2D eigenvalue weighted by Gasteiger charge is 2.07. The molecule has 0 aliphatic rings. The van der Waals surface area contributed by atoms with Gasteiger partial charge >= 0.3 is 6.03 Å². The van der Waals surface area contributed by atoms with Gasteiger partial charge < -0.3 is 15.4 Å². The first-order valence-electron chi connectivity index (χ1n) is 8.00. The maximum Gasteiger partial charge on any atom is 0.323 e. The lowest BCUT2D eigenvalue weighted by atomic mass is 10.1. The molecular weight excluding hydrogens is 314 g/mol. The Balaban J connectivity index is 2.10. The Morgan fingerprint density at radius 1 is 1.20 bits per heavy atom. The number of hydrogen-bond donors (Lipinski definition) is 2. The van der Waals surface area contributed by atoms with Crippen LogP contribution in [0, 0.1) is 18.3 Å². The number of methoxy groups -OCH3 is 1. The first-order chi connectivity index (χ1) is 12.1. The highest BCUT2D eigenvalue weighted by Crippen LogP contribution is 2.23. The summed E-state index contributed by atoms with van der Waals surface area (Å²) in [4.78, 5) is 12.2. The van der Waals surface area contributed by atoms with Gasteiger partial charge in [0.1, 0.15) is 11.8 Å². The molecule has 5 heteroatoms. The Kier molecular flexibility index (Phi) is 6.19. The van der Waals surface area contributed by atoms with Crippen LogP contribution in [-0.4, -0.2) is 13.1 Å². The molecule has 2 aromatic carbocycles. The van der Waals surface area contributed by atoms with Gasteiger partial charge in [0.2, 0.25) is 0 Å². The maximum atomic E-state index is 12.2. The van der Waals surface area contributed by atoms with Crippen LogP contribution in [0.1, 0.15) is 30.0 Å². The van der Waals surface area contributed by atoms with Crippen molar-refractivity contribution in [1.82, 2.24) is 0 Å². The predicted octanol–water partition coefficient (Wildman–Crippen LogP) is 4.94. The first kappa shape index (κ1) is 18.1. The molecule has 0 saturated carbocycles. The third-order valence-corrected chi connectivity index (χ3v) is 3.65. The molecule has 2 rings (SSSR count). The predicted molar refractivity (Wildman–Crippen MR) is 101 cm³/mol. The van der Waals surface area contributed by atoms with Crippen LogP contribution in [0.3, 0.4) is 0 Å². The fraction of sp³-hybridized carbons (Fsp3) is 0.200. The summed E-state index contributed by atoms with van der Waals surface area (Å²) in [7, 11) is 1.48. The summed E-state index contributed by atoms with van der Waals surface area (Å²) in [6.45, 7) is 4.11. The number of aryl methyl sites for hydroxylation is 1. The summed E-state index contributed by atoms with van der Waals surface area (Å²) in [5.74, 6) is 0.419. The molecule has 0 spiro atoms. The summed E-state index contributed by atoms with van der Waals surface area (Å²) in [5, 5.41) is 14.5. The second-order valence-electron chi connectivity index (χ2n) is 5.49. The molecule has 2 aromatic rings. The van der Waals surface area contributed by atoms with Crippen LogP contribution in [0.5, 0.6) is 5.75 Å². The van der Waals surface area contributed by atoms with E-state index in [1.165, 1.54) is 7.11 Å². The summed E-state index contributed by atoms with van der Waals surface area (Å²) < 4.78 is 5.14. The van der Waals surface area contributed by atoms with Gasteiger partial charge in [-0.3, -0.25) is 0 Å². The number of nitrogens with one attached hydrogen (secondary N) is 2. The van der Waals surface area contributed by atoms with E-state index < -0.39 is 0 Å². The highest BCUT2D eigenvalue weighted by molar-refractivity contribution is 6.00.